The first kappa shape index (κ1) is 15.7. The summed E-state index contributed by atoms with van der Waals surface area (Å²) >= 11 is 0. The highest BCUT2D eigenvalue weighted by atomic mass is 32.2. The second kappa shape index (κ2) is 6.69. The maximum atomic E-state index is 12.5. The van der Waals surface area contributed by atoms with Gasteiger partial charge in [-0.25, -0.2) is 8.42 Å². The largest absolute Gasteiger partial charge is 0.243 e. The standard InChI is InChI=1S/C14H20N2O2S/c1-4-12(3)16(5-2)19(17,18)14-8-6-13(7-9-14)10-11-15/h6-9,12H,4-5,10H2,1-3H3. The van der Waals surface area contributed by atoms with Crippen LogP contribution in [0.3, 0.4) is 0 Å². The molecular formula is C14H20N2O2S. The molecule has 0 heterocycles. The second-order valence-corrected chi connectivity index (χ2v) is 6.34. The maximum Gasteiger partial charge on any atom is 0.243 e. The number of nitriles is 1. The number of sulfonamides is 1. The highest BCUT2D eigenvalue weighted by Crippen LogP contribution is 2.19. The van der Waals surface area contributed by atoms with Crippen molar-refractivity contribution in [2.45, 2.75) is 44.6 Å². The first-order valence-electron chi connectivity index (χ1n) is 6.45. The first-order chi connectivity index (χ1) is 8.97. The Balaban J connectivity index is 3.09. The molecule has 1 unspecified atom stereocenters. The topological polar surface area (TPSA) is 61.2 Å². The number of hydrogen-bond donors (Lipinski definition) is 0. The summed E-state index contributed by atoms with van der Waals surface area (Å²) in [5.74, 6) is 0. The average molecular weight is 280 g/mol. The smallest absolute Gasteiger partial charge is 0.207 e. The molecule has 4 nitrogen and oxygen atoms in total. The lowest BCUT2D eigenvalue weighted by atomic mass is 10.2. The van der Waals surface area contributed by atoms with E-state index in [9.17, 15) is 8.42 Å². The Labute approximate surface area is 115 Å². The van der Waals surface area contributed by atoms with Gasteiger partial charge in [-0.05, 0) is 31.0 Å². The van der Waals surface area contributed by atoms with Crippen LogP contribution in [0.4, 0.5) is 0 Å². The maximum absolute atomic E-state index is 12.5. The molecule has 0 amide bonds. The van der Waals surface area contributed by atoms with Crippen LogP contribution in [0.25, 0.3) is 0 Å². The molecule has 5 heteroatoms. The van der Waals surface area contributed by atoms with Gasteiger partial charge in [-0.2, -0.15) is 9.57 Å². The minimum absolute atomic E-state index is 0.0196. The molecule has 1 aromatic carbocycles. The van der Waals surface area contributed by atoms with E-state index in [2.05, 4.69) is 0 Å². The predicted octanol–water partition coefficient (Wildman–Crippen LogP) is 2.56. The molecule has 1 aromatic rings. The van der Waals surface area contributed by atoms with Gasteiger partial charge in [0.1, 0.15) is 0 Å². The van der Waals surface area contributed by atoms with E-state index in [1.54, 1.807) is 24.3 Å². The molecule has 0 aromatic heterocycles. The molecule has 1 atom stereocenters. The molecule has 0 N–H and O–H groups in total. The molecule has 0 bridgehead atoms. The third kappa shape index (κ3) is 3.55. The van der Waals surface area contributed by atoms with Crippen LogP contribution in [-0.2, 0) is 16.4 Å². The van der Waals surface area contributed by atoms with Gasteiger partial charge in [0.05, 0.1) is 17.4 Å². The fraction of sp³-hybridized carbons (Fsp3) is 0.500. The molecule has 0 fully saturated rings. The fourth-order valence-electron chi connectivity index (χ4n) is 1.93. The monoisotopic (exact) mass is 280 g/mol. The highest BCUT2D eigenvalue weighted by Gasteiger charge is 2.26. The van der Waals surface area contributed by atoms with Crippen molar-refractivity contribution in [3.63, 3.8) is 0 Å². The van der Waals surface area contributed by atoms with E-state index >= 15 is 0 Å². The van der Waals surface area contributed by atoms with Crippen molar-refractivity contribution >= 4 is 10.0 Å². The summed E-state index contributed by atoms with van der Waals surface area (Å²) in [5.41, 5.74) is 0.827. The van der Waals surface area contributed by atoms with Crippen LogP contribution in [0.5, 0.6) is 0 Å². The predicted molar refractivity (Wildman–Crippen MR) is 75.1 cm³/mol. The summed E-state index contributed by atoms with van der Waals surface area (Å²) in [6.07, 6.45) is 1.07. The van der Waals surface area contributed by atoms with Crippen molar-refractivity contribution in [3.05, 3.63) is 29.8 Å². The molecule has 0 spiro atoms. The number of benzene rings is 1. The van der Waals surface area contributed by atoms with Crippen molar-refractivity contribution in [1.82, 2.24) is 4.31 Å². The van der Waals surface area contributed by atoms with Crippen LogP contribution < -0.4 is 0 Å². The molecule has 0 aliphatic rings. The summed E-state index contributed by atoms with van der Waals surface area (Å²) in [6, 6.07) is 8.57. The quantitative estimate of drug-likeness (QED) is 0.804. The van der Waals surface area contributed by atoms with Crippen LogP contribution in [-0.4, -0.2) is 25.3 Å². The Morgan fingerprint density at radius 3 is 2.26 bits per heavy atom. The van der Waals surface area contributed by atoms with Gasteiger partial charge in [0.25, 0.3) is 0 Å². The lowest BCUT2D eigenvalue weighted by molar-refractivity contribution is 0.342. The van der Waals surface area contributed by atoms with E-state index in [0.717, 1.165) is 12.0 Å². The Bertz CT molecular complexity index is 544. The van der Waals surface area contributed by atoms with Crippen LogP contribution >= 0.6 is 0 Å². The number of rotatable bonds is 6. The molecule has 0 saturated heterocycles. The third-order valence-electron chi connectivity index (χ3n) is 3.21. The van der Waals surface area contributed by atoms with E-state index in [-0.39, 0.29) is 10.9 Å². The highest BCUT2D eigenvalue weighted by molar-refractivity contribution is 7.89. The lowest BCUT2D eigenvalue weighted by Crippen LogP contribution is -2.38. The number of hydrogen-bond acceptors (Lipinski definition) is 3. The summed E-state index contributed by atoms with van der Waals surface area (Å²) < 4.78 is 26.5. The van der Waals surface area contributed by atoms with Gasteiger partial charge in [-0.1, -0.05) is 26.0 Å². The Morgan fingerprint density at radius 2 is 1.84 bits per heavy atom. The average Bonchev–Trinajstić information content (AvgIpc) is 2.40. The van der Waals surface area contributed by atoms with Crippen LogP contribution in [0.2, 0.25) is 0 Å². The minimum atomic E-state index is -3.44. The molecular weight excluding hydrogens is 260 g/mol. The van der Waals surface area contributed by atoms with E-state index < -0.39 is 10.0 Å². The van der Waals surface area contributed by atoms with Gasteiger partial charge in [-0.3, -0.25) is 0 Å². The van der Waals surface area contributed by atoms with Crippen molar-refractivity contribution in [2.24, 2.45) is 0 Å². The summed E-state index contributed by atoms with van der Waals surface area (Å²) in [6.45, 7) is 6.18. The van der Waals surface area contributed by atoms with E-state index in [0.29, 0.717) is 13.0 Å². The summed E-state index contributed by atoms with van der Waals surface area (Å²) in [5, 5.41) is 8.60. The van der Waals surface area contributed by atoms with E-state index in [1.165, 1.54) is 4.31 Å². The molecule has 0 aliphatic heterocycles. The molecule has 0 saturated carbocycles. The first-order valence-corrected chi connectivity index (χ1v) is 7.89. The van der Waals surface area contributed by atoms with Crippen LogP contribution in [0.15, 0.2) is 29.2 Å². The van der Waals surface area contributed by atoms with Gasteiger partial charge in [0.15, 0.2) is 0 Å². The van der Waals surface area contributed by atoms with Crippen molar-refractivity contribution < 1.29 is 8.42 Å². The molecule has 1 rings (SSSR count). The Morgan fingerprint density at radius 1 is 1.26 bits per heavy atom. The van der Waals surface area contributed by atoms with Crippen molar-refractivity contribution in [3.8, 4) is 6.07 Å². The van der Waals surface area contributed by atoms with E-state index in [4.69, 9.17) is 5.26 Å². The Kier molecular flexibility index (Phi) is 5.52. The van der Waals surface area contributed by atoms with Gasteiger partial charge >= 0.3 is 0 Å². The second-order valence-electron chi connectivity index (χ2n) is 4.44. The van der Waals surface area contributed by atoms with Crippen molar-refractivity contribution in [1.29, 1.82) is 5.26 Å². The number of nitrogens with zero attached hydrogens (tertiary/aromatic N) is 2. The van der Waals surface area contributed by atoms with E-state index in [1.807, 2.05) is 26.8 Å². The zero-order valence-corrected chi connectivity index (χ0v) is 12.4. The lowest BCUT2D eigenvalue weighted by Gasteiger charge is -2.26. The summed E-state index contributed by atoms with van der Waals surface area (Å²) in [7, 11) is -3.44. The molecule has 104 valence electrons. The molecule has 19 heavy (non-hydrogen) atoms. The normalized spacial score (nSPS) is 13.2. The fourth-order valence-corrected chi connectivity index (χ4v) is 3.64. The zero-order valence-electron chi connectivity index (χ0n) is 11.6. The molecule has 0 radical (unpaired) electrons. The third-order valence-corrected chi connectivity index (χ3v) is 5.31. The van der Waals surface area contributed by atoms with Gasteiger partial charge in [0.2, 0.25) is 10.0 Å². The SMILES string of the molecule is CCC(C)N(CC)S(=O)(=O)c1ccc(CC#N)cc1. The van der Waals surface area contributed by atoms with Gasteiger partial charge < -0.3 is 0 Å². The van der Waals surface area contributed by atoms with Gasteiger partial charge in [0, 0.05) is 12.6 Å². The molecule has 0 aliphatic carbocycles. The summed E-state index contributed by atoms with van der Waals surface area (Å²) in [4.78, 5) is 0.288. The van der Waals surface area contributed by atoms with Crippen molar-refractivity contribution in [2.75, 3.05) is 6.54 Å². The Hall–Kier alpha value is -1.38. The zero-order chi connectivity index (χ0) is 14.5. The minimum Gasteiger partial charge on any atom is -0.207 e. The van der Waals surface area contributed by atoms with Crippen LogP contribution in [0, 0.1) is 11.3 Å². The van der Waals surface area contributed by atoms with Crippen LogP contribution in [0.1, 0.15) is 32.8 Å². The van der Waals surface area contributed by atoms with Gasteiger partial charge in [-0.15, -0.1) is 0 Å².